The Labute approximate surface area is 344 Å². The first kappa shape index (κ1) is 32.8. The molecule has 0 N–H and O–H groups in total. The molecule has 10 aromatic carbocycles. The molecular formula is C58H39N. The standard InChI is InChI=1S/C58H39N/c1-57(2)49-29-15-12-22-40(49)43-33-32-37(34-52(43)57)59(36-18-4-3-5-19-36)53-35-48-54-45-26-9-6-20-38(45)39-21-7-10-27-46(39)56(54)58(55(48)47-28-11-8-25-44(47)53)50-30-16-13-23-41(50)42-24-14-17-31-51(42)58/h3-35H,1-2H3. The fourth-order valence-corrected chi connectivity index (χ4v) is 11.7. The zero-order chi connectivity index (χ0) is 39.0. The van der Waals surface area contributed by atoms with E-state index in [1.165, 1.54) is 105 Å². The Balaban J connectivity index is 1.20. The molecule has 0 unspecified atom stereocenters. The first-order valence-electron chi connectivity index (χ1n) is 20.9. The fourth-order valence-electron chi connectivity index (χ4n) is 11.7. The summed E-state index contributed by atoms with van der Waals surface area (Å²) < 4.78 is 0. The lowest BCUT2D eigenvalue weighted by Gasteiger charge is -2.34. The number of nitrogens with zero attached hydrogens (tertiary/aromatic N) is 1. The number of hydrogen-bond donors (Lipinski definition) is 0. The predicted octanol–water partition coefficient (Wildman–Crippen LogP) is 15.3. The van der Waals surface area contributed by atoms with Crippen LogP contribution in [0.4, 0.5) is 17.1 Å². The van der Waals surface area contributed by atoms with Crippen LogP contribution in [0.15, 0.2) is 200 Å². The summed E-state index contributed by atoms with van der Waals surface area (Å²) in [6.07, 6.45) is 0. The lowest BCUT2D eigenvalue weighted by molar-refractivity contribution is 0.660. The maximum atomic E-state index is 2.55. The van der Waals surface area contributed by atoms with Crippen LogP contribution >= 0.6 is 0 Å². The van der Waals surface area contributed by atoms with Gasteiger partial charge in [0.2, 0.25) is 0 Å². The Morgan fingerprint density at radius 2 is 0.797 bits per heavy atom. The van der Waals surface area contributed by atoms with Gasteiger partial charge in [-0.2, -0.15) is 0 Å². The Kier molecular flexibility index (Phi) is 6.50. The van der Waals surface area contributed by atoms with Gasteiger partial charge in [0.1, 0.15) is 0 Å². The van der Waals surface area contributed by atoms with Crippen molar-refractivity contribution in [2.45, 2.75) is 24.7 Å². The molecule has 0 aliphatic heterocycles. The van der Waals surface area contributed by atoms with E-state index in [9.17, 15) is 0 Å². The van der Waals surface area contributed by atoms with Gasteiger partial charge in [0.05, 0.1) is 11.1 Å². The minimum Gasteiger partial charge on any atom is -0.310 e. The Hall–Kier alpha value is -7.22. The van der Waals surface area contributed by atoms with Gasteiger partial charge in [0.15, 0.2) is 0 Å². The van der Waals surface area contributed by atoms with Crippen molar-refractivity contribution in [2.24, 2.45) is 0 Å². The first-order valence-corrected chi connectivity index (χ1v) is 20.9. The molecule has 1 spiro atoms. The highest BCUT2D eigenvalue weighted by atomic mass is 15.1. The average Bonchev–Trinajstić information content (AvgIpc) is 3.86. The highest BCUT2D eigenvalue weighted by Gasteiger charge is 2.54. The van der Waals surface area contributed by atoms with E-state index in [2.05, 4.69) is 219 Å². The lowest BCUT2D eigenvalue weighted by Crippen LogP contribution is -2.26. The summed E-state index contributed by atoms with van der Waals surface area (Å²) in [5.74, 6) is 0. The third-order valence-corrected chi connectivity index (χ3v) is 14.0. The average molecular weight is 750 g/mol. The summed E-state index contributed by atoms with van der Waals surface area (Å²) in [5, 5.41) is 7.72. The molecule has 0 aromatic heterocycles. The van der Waals surface area contributed by atoms with Crippen molar-refractivity contribution >= 4 is 49.4 Å². The minimum absolute atomic E-state index is 0.126. The van der Waals surface area contributed by atoms with E-state index in [1.807, 2.05) is 0 Å². The summed E-state index contributed by atoms with van der Waals surface area (Å²) in [7, 11) is 0. The fraction of sp³-hybridized carbons (Fsp3) is 0.0690. The monoisotopic (exact) mass is 749 g/mol. The predicted molar refractivity (Wildman–Crippen MR) is 248 cm³/mol. The second-order valence-electron chi connectivity index (χ2n) is 17.1. The summed E-state index contributed by atoms with van der Waals surface area (Å²) >= 11 is 0. The topological polar surface area (TPSA) is 3.24 Å². The zero-order valence-corrected chi connectivity index (χ0v) is 33.0. The molecule has 0 heterocycles. The third kappa shape index (κ3) is 4.09. The molecule has 0 bridgehead atoms. The van der Waals surface area contributed by atoms with Gasteiger partial charge in [-0.1, -0.05) is 184 Å². The highest BCUT2D eigenvalue weighted by molar-refractivity contribution is 6.22. The molecule has 276 valence electrons. The van der Waals surface area contributed by atoms with Crippen molar-refractivity contribution in [1.29, 1.82) is 0 Å². The molecule has 0 saturated carbocycles. The maximum absolute atomic E-state index is 2.55. The van der Waals surface area contributed by atoms with E-state index in [-0.39, 0.29) is 5.41 Å². The minimum atomic E-state index is -0.527. The zero-order valence-electron chi connectivity index (χ0n) is 33.0. The maximum Gasteiger partial charge on any atom is 0.0737 e. The van der Waals surface area contributed by atoms with Crippen LogP contribution < -0.4 is 4.90 Å². The van der Waals surface area contributed by atoms with Crippen LogP contribution in [0.3, 0.4) is 0 Å². The molecule has 0 amide bonds. The van der Waals surface area contributed by atoms with Crippen molar-refractivity contribution in [2.75, 3.05) is 4.90 Å². The van der Waals surface area contributed by atoms with Crippen LogP contribution in [-0.2, 0) is 10.8 Å². The van der Waals surface area contributed by atoms with Gasteiger partial charge in [-0.3, -0.25) is 0 Å². The van der Waals surface area contributed by atoms with Gasteiger partial charge in [-0.05, 0) is 124 Å². The van der Waals surface area contributed by atoms with Crippen LogP contribution in [0.2, 0.25) is 0 Å². The molecule has 13 rings (SSSR count). The molecular weight excluding hydrogens is 711 g/mol. The Morgan fingerprint density at radius 3 is 1.46 bits per heavy atom. The van der Waals surface area contributed by atoms with Gasteiger partial charge in [-0.15, -0.1) is 0 Å². The van der Waals surface area contributed by atoms with Crippen LogP contribution in [0.25, 0.3) is 65.7 Å². The molecule has 0 fully saturated rings. The first-order chi connectivity index (χ1) is 29.1. The molecule has 3 aliphatic rings. The Bertz CT molecular complexity index is 3380. The van der Waals surface area contributed by atoms with Crippen molar-refractivity contribution in [3.8, 4) is 33.4 Å². The van der Waals surface area contributed by atoms with Crippen LogP contribution in [0, 0.1) is 0 Å². The third-order valence-electron chi connectivity index (χ3n) is 14.0. The molecule has 1 nitrogen and oxygen atoms in total. The summed E-state index contributed by atoms with van der Waals surface area (Å²) in [6.45, 7) is 4.75. The van der Waals surface area contributed by atoms with E-state index in [0.717, 1.165) is 11.4 Å². The van der Waals surface area contributed by atoms with Gasteiger partial charge in [0, 0.05) is 22.2 Å². The largest absolute Gasteiger partial charge is 0.310 e. The van der Waals surface area contributed by atoms with Gasteiger partial charge >= 0.3 is 0 Å². The number of hydrogen-bond acceptors (Lipinski definition) is 1. The number of fused-ring (bicyclic) bond motifs is 20. The normalized spacial score (nSPS) is 14.5. The SMILES string of the molecule is CC1(C)c2ccccc2-c2ccc(N(c3ccccc3)c3cc4c(c5ccccc35)C3(c5ccccc5-c5ccccc53)c3c-4c4ccccc4c4ccccc34)cc21. The molecule has 59 heavy (non-hydrogen) atoms. The summed E-state index contributed by atoms with van der Waals surface area (Å²) in [6, 6.07) is 75.5. The highest BCUT2D eigenvalue weighted by Crippen LogP contribution is 2.67. The van der Waals surface area contributed by atoms with Gasteiger partial charge < -0.3 is 4.90 Å². The molecule has 0 radical (unpaired) electrons. The van der Waals surface area contributed by atoms with Crippen LogP contribution in [0.1, 0.15) is 47.2 Å². The summed E-state index contributed by atoms with van der Waals surface area (Å²) in [4.78, 5) is 2.52. The molecule has 10 aromatic rings. The van der Waals surface area contributed by atoms with Crippen LogP contribution in [0.5, 0.6) is 0 Å². The van der Waals surface area contributed by atoms with Gasteiger partial charge in [-0.25, -0.2) is 0 Å². The molecule has 3 aliphatic carbocycles. The van der Waals surface area contributed by atoms with E-state index in [1.54, 1.807) is 0 Å². The van der Waals surface area contributed by atoms with E-state index < -0.39 is 5.41 Å². The number of para-hydroxylation sites is 1. The quantitative estimate of drug-likeness (QED) is 0.163. The molecule has 0 saturated heterocycles. The number of anilines is 3. The lowest BCUT2D eigenvalue weighted by atomic mass is 9.68. The van der Waals surface area contributed by atoms with Gasteiger partial charge in [0.25, 0.3) is 0 Å². The molecule has 1 heteroatoms. The molecule has 0 atom stereocenters. The van der Waals surface area contributed by atoms with Crippen LogP contribution in [-0.4, -0.2) is 0 Å². The van der Waals surface area contributed by atoms with Crippen molar-refractivity contribution in [3.05, 3.63) is 234 Å². The number of rotatable bonds is 3. The second kappa shape index (κ2) is 11.7. The van der Waals surface area contributed by atoms with E-state index in [0.29, 0.717) is 0 Å². The summed E-state index contributed by atoms with van der Waals surface area (Å²) in [5.41, 5.74) is 19.0. The van der Waals surface area contributed by atoms with Crippen molar-refractivity contribution in [1.82, 2.24) is 0 Å². The Morgan fingerprint density at radius 1 is 0.322 bits per heavy atom. The van der Waals surface area contributed by atoms with E-state index in [4.69, 9.17) is 0 Å². The number of benzene rings is 10. The van der Waals surface area contributed by atoms with Crippen molar-refractivity contribution in [3.63, 3.8) is 0 Å². The van der Waals surface area contributed by atoms with Crippen molar-refractivity contribution < 1.29 is 0 Å². The second-order valence-corrected chi connectivity index (χ2v) is 17.1. The smallest absolute Gasteiger partial charge is 0.0737 e. The van der Waals surface area contributed by atoms with E-state index >= 15 is 0 Å².